The Hall–Kier alpha value is -2.36. The molecule has 0 amide bonds. The number of rotatable bonds is 3. The Balaban J connectivity index is 2.42. The summed E-state index contributed by atoms with van der Waals surface area (Å²) in [6.45, 7) is 8.91. The van der Waals surface area contributed by atoms with Gasteiger partial charge in [0.2, 0.25) is 0 Å². The summed E-state index contributed by atoms with van der Waals surface area (Å²) in [5.41, 5.74) is 3.84. The first-order valence-electron chi connectivity index (χ1n) is 7.64. The smallest absolute Gasteiger partial charge is 0.252 e. The third-order valence-corrected chi connectivity index (χ3v) is 3.84. The minimum absolute atomic E-state index is 0.0378. The second-order valence-corrected chi connectivity index (χ2v) is 6.20. The van der Waals surface area contributed by atoms with E-state index in [0.717, 1.165) is 28.0 Å². The van der Waals surface area contributed by atoms with E-state index in [-0.39, 0.29) is 5.56 Å². The highest BCUT2D eigenvalue weighted by molar-refractivity contribution is 5.83. The summed E-state index contributed by atoms with van der Waals surface area (Å²) in [5, 5.41) is 5.76. The molecule has 0 fully saturated rings. The highest BCUT2D eigenvalue weighted by atomic mass is 16.1. The van der Waals surface area contributed by atoms with Gasteiger partial charge in [0.1, 0.15) is 5.65 Å². The van der Waals surface area contributed by atoms with Crippen LogP contribution in [0.3, 0.4) is 0 Å². The number of nitrogens with zero attached hydrogens (tertiary/aromatic N) is 3. The molecule has 0 aliphatic heterocycles. The second kappa shape index (κ2) is 5.44. The molecule has 0 atom stereocenters. The molecule has 0 unspecified atom stereocenters. The van der Waals surface area contributed by atoms with E-state index >= 15 is 0 Å². The number of pyridine rings is 1. The molecular weight excluding hydrogens is 274 g/mol. The van der Waals surface area contributed by atoms with E-state index in [4.69, 9.17) is 0 Å². The van der Waals surface area contributed by atoms with Crippen LogP contribution in [0.4, 0.5) is 0 Å². The van der Waals surface area contributed by atoms with Crippen molar-refractivity contribution in [1.29, 1.82) is 0 Å². The van der Waals surface area contributed by atoms with Crippen molar-refractivity contribution in [3.8, 4) is 5.69 Å². The highest BCUT2D eigenvalue weighted by Gasteiger charge is 2.17. The number of hydrogen-bond donors (Lipinski definition) is 0. The van der Waals surface area contributed by atoms with Crippen molar-refractivity contribution in [2.24, 2.45) is 5.92 Å². The molecule has 0 aliphatic rings. The Labute approximate surface area is 130 Å². The summed E-state index contributed by atoms with van der Waals surface area (Å²) < 4.78 is 3.74. The summed E-state index contributed by atoms with van der Waals surface area (Å²) in [4.78, 5) is 12.5. The van der Waals surface area contributed by atoms with Crippen LogP contribution in [0.25, 0.3) is 16.7 Å². The SMILES string of the molecule is Cc1cc(=O)n(CC(C)C)c2c1c(C)nn2-c1ccccc1. The van der Waals surface area contributed by atoms with E-state index in [1.54, 1.807) is 6.07 Å². The molecule has 0 saturated carbocycles. The van der Waals surface area contributed by atoms with Crippen molar-refractivity contribution < 1.29 is 0 Å². The number of hydrogen-bond acceptors (Lipinski definition) is 2. The van der Waals surface area contributed by atoms with Gasteiger partial charge in [-0.2, -0.15) is 5.10 Å². The zero-order valence-electron chi connectivity index (χ0n) is 13.5. The molecule has 114 valence electrons. The Morgan fingerprint density at radius 2 is 1.82 bits per heavy atom. The molecule has 2 aromatic heterocycles. The highest BCUT2D eigenvalue weighted by Crippen LogP contribution is 2.24. The topological polar surface area (TPSA) is 39.8 Å². The van der Waals surface area contributed by atoms with Gasteiger partial charge < -0.3 is 0 Å². The lowest BCUT2D eigenvalue weighted by Crippen LogP contribution is -2.24. The van der Waals surface area contributed by atoms with Gasteiger partial charge in [-0.25, -0.2) is 4.68 Å². The standard InChI is InChI=1S/C18H21N3O/c1-12(2)11-20-16(22)10-13(3)17-14(4)19-21(18(17)20)15-8-6-5-7-9-15/h5-10,12H,11H2,1-4H3. The van der Waals surface area contributed by atoms with Crippen LogP contribution < -0.4 is 5.56 Å². The summed E-state index contributed by atoms with van der Waals surface area (Å²) in [7, 11) is 0. The van der Waals surface area contributed by atoms with E-state index in [2.05, 4.69) is 18.9 Å². The first-order valence-corrected chi connectivity index (χ1v) is 7.64. The molecule has 2 heterocycles. The Kier molecular flexibility index (Phi) is 3.61. The average Bonchev–Trinajstić information content (AvgIpc) is 2.82. The minimum Gasteiger partial charge on any atom is -0.292 e. The molecular formula is C18H21N3O. The van der Waals surface area contributed by atoms with Gasteiger partial charge in [-0.05, 0) is 37.5 Å². The fourth-order valence-corrected chi connectivity index (χ4v) is 2.96. The molecule has 3 rings (SSSR count). The molecule has 0 bridgehead atoms. The lowest BCUT2D eigenvalue weighted by atomic mass is 10.1. The van der Waals surface area contributed by atoms with E-state index in [1.165, 1.54) is 0 Å². The number of fused-ring (bicyclic) bond motifs is 1. The van der Waals surface area contributed by atoms with Gasteiger partial charge in [0, 0.05) is 18.0 Å². The van der Waals surface area contributed by atoms with Gasteiger partial charge in [0.05, 0.1) is 11.4 Å². The average molecular weight is 295 g/mol. The van der Waals surface area contributed by atoms with Crippen LogP contribution in [0.15, 0.2) is 41.2 Å². The second-order valence-electron chi connectivity index (χ2n) is 6.20. The van der Waals surface area contributed by atoms with Crippen molar-refractivity contribution >= 4 is 11.0 Å². The van der Waals surface area contributed by atoms with Gasteiger partial charge in [0.15, 0.2) is 0 Å². The molecule has 0 spiro atoms. The number of benzene rings is 1. The molecule has 1 aromatic carbocycles. The van der Waals surface area contributed by atoms with Gasteiger partial charge in [-0.1, -0.05) is 32.0 Å². The van der Waals surface area contributed by atoms with Crippen LogP contribution in [0.5, 0.6) is 0 Å². The Bertz CT molecular complexity index is 873. The monoisotopic (exact) mass is 295 g/mol. The minimum atomic E-state index is 0.0378. The van der Waals surface area contributed by atoms with Gasteiger partial charge >= 0.3 is 0 Å². The van der Waals surface area contributed by atoms with Gasteiger partial charge in [-0.3, -0.25) is 9.36 Å². The maximum atomic E-state index is 12.5. The van der Waals surface area contributed by atoms with Crippen LogP contribution >= 0.6 is 0 Å². The first kappa shape index (κ1) is 14.6. The first-order chi connectivity index (χ1) is 10.5. The van der Waals surface area contributed by atoms with Crippen molar-refractivity contribution in [2.75, 3.05) is 0 Å². The van der Waals surface area contributed by atoms with Crippen LogP contribution in [-0.2, 0) is 6.54 Å². The maximum Gasteiger partial charge on any atom is 0.252 e. The molecule has 3 aromatic rings. The van der Waals surface area contributed by atoms with Crippen LogP contribution in [0.2, 0.25) is 0 Å². The van der Waals surface area contributed by atoms with Gasteiger partial charge in [-0.15, -0.1) is 0 Å². The van der Waals surface area contributed by atoms with Crippen LogP contribution in [0, 0.1) is 19.8 Å². The van der Waals surface area contributed by atoms with Crippen LogP contribution in [-0.4, -0.2) is 14.3 Å². The summed E-state index contributed by atoms with van der Waals surface area (Å²) in [5.74, 6) is 0.392. The lowest BCUT2D eigenvalue weighted by molar-refractivity contribution is 0.517. The third kappa shape index (κ3) is 2.34. The maximum absolute atomic E-state index is 12.5. The zero-order chi connectivity index (χ0) is 15.9. The number of aryl methyl sites for hydroxylation is 2. The van der Waals surface area contributed by atoms with E-state index in [0.29, 0.717) is 12.5 Å². The summed E-state index contributed by atoms with van der Waals surface area (Å²) in [6.07, 6.45) is 0. The number of aromatic nitrogens is 3. The summed E-state index contributed by atoms with van der Waals surface area (Å²) >= 11 is 0. The quantitative estimate of drug-likeness (QED) is 0.742. The van der Waals surface area contributed by atoms with Crippen molar-refractivity contribution in [3.05, 3.63) is 58.0 Å². The van der Waals surface area contributed by atoms with Crippen LogP contribution in [0.1, 0.15) is 25.1 Å². The van der Waals surface area contributed by atoms with Crippen molar-refractivity contribution in [3.63, 3.8) is 0 Å². The largest absolute Gasteiger partial charge is 0.292 e. The molecule has 4 heteroatoms. The normalized spacial score (nSPS) is 11.5. The number of para-hydroxylation sites is 1. The molecule has 22 heavy (non-hydrogen) atoms. The van der Waals surface area contributed by atoms with Crippen molar-refractivity contribution in [1.82, 2.24) is 14.3 Å². The molecule has 0 aliphatic carbocycles. The predicted molar refractivity (Wildman–Crippen MR) is 89.6 cm³/mol. The fraction of sp³-hybridized carbons (Fsp3) is 0.333. The predicted octanol–water partition coefficient (Wildman–Crippen LogP) is 3.46. The Morgan fingerprint density at radius 1 is 1.14 bits per heavy atom. The molecule has 0 saturated heterocycles. The van der Waals surface area contributed by atoms with E-state index in [1.807, 2.05) is 53.4 Å². The van der Waals surface area contributed by atoms with Gasteiger partial charge in [0.25, 0.3) is 5.56 Å². The molecule has 0 radical (unpaired) electrons. The molecule has 0 N–H and O–H groups in total. The zero-order valence-corrected chi connectivity index (χ0v) is 13.5. The van der Waals surface area contributed by atoms with E-state index in [9.17, 15) is 4.79 Å². The molecule has 4 nitrogen and oxygen atoms in total. The Morgan fingerprint density at radius 3 is 2.45 bits per heavy atom. The lowest BCUT2D eigenvalue weighted by Gasteiger charge is -2.14. The third-order valence-electron chi connectivity index (χ3n) is 3.84. The van der Waals surface area contributed by atoms with Crippen molar-refractivity contribution in [2.45, 2.75) is 34.2 Å². The fourth-order valence-electron chi connectivity index (χ4n) is 2.96. The summed E-state index contributed by atoms with van der Waals surface area (Å²) in [6, 6.07) is 11.7. The van der Waals surface area contributed by atoms with E-state index < -0.39 is 0 Å².